The Hall–Kier alpha value is -5.67. The van der Waals surface area contributed by atoms with Gasteiger partial charge < -0.3 is 47.3 Å². The molecular formula is C30H39N7O9. The summed E-state index contributed by atoms with van der Waals surface area (Å²) < 4.78 is 9.94. The van der Waals surface area contributed by atoms with E-state index in [0.29, 0.717) is 5.56 Å². The lowest BCUT2D eigenvalue weighted by atomic mass is 10.0. The summed E-state index contributed by atoms with van der Waals surface area (Å²) in [6.45, 7) is -0.555. The molecule has 4 amide bonds. The van der Waals surface area contributed by atoms with E-state index >= 15 is 0 Å². The molecule has 2 aromatic carbocycles. The summed E-state index contributed by atoms with van der Waals surface area (Å²) in [7, 11) is 1.14. The maximum Gasteiger partial charge on any atom is 0.408 e. The van der Waals surface area contributed by atoms with Crippen LogP contribution < -0.4 is 32.7 Å². The highest BCUT2D eigenvalue weighted by Gasteiger charge is 2.29. The minimum atomic E-state index is -1.59. The highest BCUT2D eigenvalue weighted by Crippen LogP contribution is 2.07. The van der Waals surface area contributed by atoms with Crippen LogP contribution in [0, 0.1) is 0 Å². The number of esters is 1. The summed E-state index contributed by atoms with van der Waals surface area (Å²) in [4.78, 5) is 78.7. The number of hydrogen-bond acceptors (Lipinski definition) is 9. The van der Waals surface area contributed by atoms with Gasteiger partial charge in [0.2, 0.25) is 17.7 Å². The van der Waals surface area contributed by atoms with Gasteiger partial charge in [0.1, 0.15) is 24.7 Å². The molecule has 0 saturated carbocycles. The fraction of sp³-hybridized carbons (Fsp3) is 0.367. The smallest absolute Gasteiger partial charge is 0.408 e. The number of benzene rings is 2. The average molecular weight is 642 g/mol. The third kappa shape index (κ3) is 14.2. The van der Waals surface area contributed by atoms with Gasteiger partial charge in [-0.2, -0.15) is 0 Å². The highest BCUT2D eigenvalue weighted by atomic mass is 16.5. The van der Waals surface area contributed by atoms with Crippen LogP contribution in [0.4, 0.5) is 4.79 Å². The van der Waals surface area contributed by atoms with E-state index in [-0.39, 0.29) is 38.4 Å². The number of carboxylic acids is 1. The Kier molecular flexibility index (Phi) is 15.5. The number of alkyl carbamates (subject to hydrolysis) is 1. The number of aliphatic imine (C=N–C) groups is 1. The second kappa shape index (κ2) is 19.6. The van der Waals surface area contributed by atoms with Crippen LogP contribution in [0.5, 0.6) is 0 Å². The molecule has 0 heterocycles. The Balaban J connectivity index is 2.02. The van der Waals surface area contributed by atoms with Gasteiger partial charge >= 0.3 is 18.0 Å². The number of carbonyl (C=O) groups excluding carboxylic acids is 5. The second-order valence-electron chi connectivity index (χ2n) is 9.92. The Morgan fingerprint density at radius 1 is 0.826 bits per heavy atom. The van der Waals surface area contributed by atoms with Gasteiger partial charge in [0.25, 0.3) is 0 Å². The zero-order valence-corrected chi connectivity index (χ0v) is 25.3. The van der Waals surface area contributed by atoms with E-state index in [2.05, 4.69) is 26.3 Å². The standard InChI is InChI=1S/C30H39N7O9/c1-45-28(43)23(15-19-9-4-2-5-10-19)36-27(42)22(16-25(39)40)35-24(38)17-34-26(41)21(13-8-14-33-29(31)32)37-30(44)46-18-20-11-6-3-7-12-20/h2-7,9-12,21-23H,8,13-18H2,1H3,(H,34,41)(H,35,38)(H,36,42)(H,37,44)(H,39,40)(H4,31,32,33)/t21-,22-,23-/m0/s1. The highest BCUT2D eigenvalue weighted by molar-refractivity contribution is 5.95. The number of nitrogens with zero attached hydrogens (tertiary/aromatic N) is 1. The van der Waals surface area contributed by atoms with Crippen molar-refractivity contribution in [3.63, 3.8) is 0 Å². The maximum absolute atomic E-state index is 13.0. The minimum Gasteiger partial charge on any atom is -0.481 e. The molecule has 9 N–H and O–H groups in total. The van der Waals surface area contributed by atoms with E-state index in [1.807, 2.05) is 0 Å². The van der Waals surface area contributed by atoms with E-state index in [4.69, 9.17) is 20.9 Å². The molecule has 16 nitrogen and oxygen atoms in total. The number of rotatable bonds is 18. The van der Waals surface area contributed by atoms with Crippen molar-refractivity contribution in [2.75, 3.05) is 20.2 Å². The van der Waals surface area contributed by atoms with Crippen molar-refractivity contribution in [2.45, 2.75) is 50.4 Å². The fourth-order valence-corrected chi connectivity index (χ4v) is 4.06. The van der Waals surface area contributed by atoms with E-state index in [0.717, 1.165) is 12.7 Å². The number of carboxylic acid groups (broad SMARTS) is 1. The molecule has 2 rings (SSSR count). The fourth-order valence-electron chi connectivity index (χ4n) is 4.06. The van der Waals surface area contributed by atoms with Crippen LogP contribution in [-0.2, 0) is 46.5 Å². The van der Waals surface area contributed by atoms with Crippen molar-refractivity contribution < 1.29 is 43.3 Å². The van der Waals surface area contributed by atoms with Crippen molar-refractivity contribution >= 4 is 41.7 Å². The van der Waals surface area contributed by atoms with Crippen LogP contribution in [0.1, 0.15) is 30.4 Å². The number of guanidine groups is 1. The molecule has 0 radical (unpaired) electrons. The second-order valence-corrected chi connectivity index (χ2v) is 9.92. The molecular weight excluding hydrogens is 602 g/mol. The van der Waals surface area contributed by atoms with Gasteiger partial charge in [0.15, 0.2) is 5.96 Å². The predicted octanol–water partition coefficient (Wildman–Crippen LogP) is -0.689. The van der Waals surface area contributed by atoms with Crippen molar-refractivity contribution in [3.8, 4) is 0 Å². The Morgan fingerprint density at radius 3 is 2.04 bits per heavy atom. The quantitative estimate of drug-likeness (QED) is 0.0464. The molecule has 0 aromatic heterocycles. The number of hydrogen-bond donors (Lipinski definition) is 7. The number of amides is 4. The topological polar surface area (TPSA) is 254 Å². The molecule has 0 spiro atoms. The summed E-state index contributed by atoms with van der Waals surface area (Å²) in [5, 5.41) is 18.8. The normalized spacial score (nSPS) is 12.3. The van der Waals surface area contributed by atoms with Crippen LogP contribution in [0.25, 0.3) is 0 Å². The Labute approximate surface area is 265 Å². The number of aliphatic carboxylic acids is 1. The SMILES string of the molecule is COC(=O)[C@H](Cc1ccccc1)NC(=O)[C@H](CC(=O)O)NC(=O)CNC(=O)[C@H](CCCN=C(N)N)NC(=O)OCc1ccccc1. The van der Waals surface area contributed by atoms with Crippen molar-refractivity contribution in [1.29, 1.82) is 0 Å². The monoisotopic (exact) mass is 641 g/mol. The average Bonchev–Trinajstić information content (AvgIpc) is 3.03. The third-order valence-electron chi connectivity index (χ3n) is 6.31. The molecule has 16 heteroatoms. The first-order valence-electron chi connectivity index (χ1n) is 14.2. The molecule has 248 valence electrons. The Morgan fingerprint density at radius 2 is 1.46 bits per heavy atom. The summed E-state index contributed by atoms with van der Waals surface area (Å²) in [6.07, 6.45) is -1.29. The molecule has 0 aliphatic carbocycles. The third-order valence-corrected chi connectivity index (χ3v) is 6.31. The summed E-state index contributed by atoms with van der Waals surface area (Å²) >= 11 is 0. The summed E-state index contributed by atoms with van der Waals surface area (Å²) in [5.74, 6) is -4.94. The molecule has 2 aromatic rings. The van der Waals surface area contributed by atoms with Gasteiger partial charge in [-0.05, 0) is 24.0 Å². The van der Waals surface area contributed by atoms with Crippen molar-refractivity contribution in [3.05, 3.63) is 71.8 Å². The lowest BCUT2D eigenvalue weighted by molar-refractivity contribution is -0.145. The number of carbonyl (C=O) groups is 6. The molecule has 0 aliphatic rings. The molecule has 0 saturated heterocycles. The first-order chi connectivity index (χ1) is 22.0. The molecule has 0 unspecified atom stereocenters. The lowest BCUT2D eigenvalue weighted by Crippen LogP contribution is -2.55. The lowest BCUT2D eigenvalue weighted by Gasteiger charge is -2.22. The number of nitrogens with one attached hydrogen (secondary N) is 4. The zero-order chi connectivity index (χ0) is 33.9. The molecule has 3 atom stereocenters. The minimum absolute atomic E-state index is 0.0490. The van der Waals surface area contributed by atoms with Gasteiger partial charge in [0, 0.05) is 13.0 Å². The van der Waals surface area contributed by atoms with Crippen LogP contribution in [0.15, 0.2) is 65.7 Å². The first kappa shape index (κ1) is 36.5. The van der Waals surface area contributed by atoms with Gasteiger partial charge in [-0.15, -0.1) is 0 Å². The molecule has 46 heavy (non-hydrogen) atoms. The maximum atomic E-state index is 13.0. The Bertz CT molecular complexity index is 1350. The largest absolute Gasteiger partial charge is 0.481 e. The van der Waals surface area contributed by atoms with E-state index in [1.165, 1.54) is 0 Å². The molecule has 0 aliphatic heterocycles. The van der Waals surface area contributed by atoms with Crippen LogP contribution in [0.2, 0.25) is 0 Å². The number of nitrogens with two attached hydrogens (primary N) is 2. The summed E-state index contributed by atoms with van der Waals surface area (Å²) in [5.41, 5.74) is 12.1. The van der Waals surface area contributed by atoms with Crippen molar-refractivity contribution in [1.82, 2.24) is 21.3 Å². The van der Waals surface area contributed by atoms with E-state index in [1.54, 1.807) is 60.7 Å². The van der Waals surface area contributed by atoms with E-state index < -0.39 is 66.8 Å². The number of methoxy groups -OCH3 is 1. The van der Waals surface area contributed by atoms with Gasteiger partial charge in [-0.1, -0.05) is 60.7 Å². The number of ether oxygens (including phenoxy) is 2. The first-order valence-corrected chi connectivity index (χ1v) is 14.2. The van der Waals surface area contributed by atoms with Gasteiger partial charge in [0.05, 0.1) is 20.1 Å². The summed E-state index contributed by atoms with van der Waals surface area (Å²) in [6, 6.07) is 13.7. The zero-order valence-electron chi connectivity index (χ0n) is 25.3. The van der Waals surface area contributed by atoms with Gasteiger partial charge in [-0.25, -0.2) is 9.59 Å². The van der Waals surface area contributed by atoms with Crippen LogP contribution in [-0.4, -0.2) is 85.1 Å². The molecule has 0 fully saturated rings. The van der Waals surface area contributed by atoms with Crippen LogP contribution in [0.3, 0.4) is 0 Å². The van der Waals surface area contributed by atoms with Crippen molar-refractivity contribution in [2.24, 2.45) is 16.5 Å². The molecule has 0 bridgehead atoms. The predicted molar refractivity (Wildman–Crippen MR) is 165 cm³/mol. The van der Waals surface area contributed by atoms with Crippen LogP contribution >= 0.6 is 0 Å². The van der Waals surface area contributed by atoms with E-state index in [9.17, 15) is 33.9 Å². The van der Waals surface area contributed by atoms with Gasteiger partial charge in [-0.3, -0.25) is 24.2 Å².